The summed E-state index contributed by atoms with van der Waals surface area (Å²) in [5.74, 6) is 0.543. The molecule has 0 saturated carbocycles. The molecule has 20 heavy (non-hydrogen) atoms. The van der Waals surface area contributed by atoms with E-state index in [0.717, 1.165) is 23.1 Å². The lowest BCUT2D eigenvalue weighted by atomic mass is 10.0. The van der Waals surface area contributed by atoms with Gasteiger partial charge in [0.25, 0.3) is 14.2 Å². The first kappa shape index (κ1) is 15.0. The van der Waals surface area contributed by atoms with Crippen molar-refractivity contribution in [1.82, 2.24) is 14.8 Å². The summed E-state index contributed by atoms with van der Waals surface area (Å²) in [4.78, 5) is 0. The fourth-order valence-corrected chi connectivity index (χ4v) is 3.17. The van der Waals surface area contributed by atoms with E-state index in [1.54, 1.807) is 4.57 Å². The molecule has 108 valence electrons. The molecule has 0 aliphatic heterocycles. The van der Waals surface area contributed by atoms with E-state index in [9.17, 15) is 8.42 Å². The van der Waals surface area contributed by atoms with Gasteiger partial charge in [0.15, 0.2) is 5.82 Å². The Morgan fingerprint density at radius 2 is 1.80 bits per heavy atom. The molecular weight excluding hydrogens is 298 g/mol. The summed E-state index contributed by atoms with van der Waals surface area (Å²) < 4.78 is 24.7. The van der Waals surface area contributed by atoms with Crippen molar-refractivity contribution >= 4 is 19.7 Å². The lowest BCUT2D eigenvalue weighted by Crippen LogP contribution is -2.08. The van der Waals surface area contributed by atoms with Crippen LogP contribution in [0.2, 0.25) is 0 Å². The first-order valence-electron chi connectivity index (χ1n) is 6.30. The highest BCUT2D eigenvalue weighted by molar-refractivity contribution is 8.13. The van der Waals surface area contributed by atoms with Gasteiger partial charge in [-0.2, -0.15) is 0 Å². The minimum atomic E-state index is -3.91. The number of aryl methyl sites for hydroxylation is 2. The second kappa shape index (κ2) is 5.54. The molecule has 2 aromatic rings. The lowest BCUT2D eigenvalue weighted by Gasteiger charge is -2.11. The minimum Gasteiger partial charge on any atom is -0.297 e. The quantitative estimate of drug-likeness (QED) is 0.814. The lowest BCUT2D eigenvalue weighted by molar-refractivity contribution is 0.570. The molecule has 0 unspecified atom stereocenters. The largest absolute Gasteiger partial charge is 0.297 e. The molecule has 1 aromatic carbocycles. The van der Waals surface area contributed by atoms with Crippen LogP contribution in [0.25, 0.3) is 11.4 Å². The van der Waals surface area contributed by atoms with Crippen LogP contribution in [0.15, 0.2) is 23.4 Å². The van der Waals surface area contributed by atoms with Crippen LogP contribution in [0.5, 0.6) is 0 Å². The van der Waals surface area contributed by atoms with Crippen LogP contribution in [0, 0.1) is 13.8 Å². The second-order valence-electron chi connectivity index (χ2n) is 4.66. The molecule has 0 fully saturated rings. The highest BCUT2D eigenvalue weighted by Gasteiger charge is 2.24. The van der Waals surface area contributed by atoms with Gasteiger partial charge in [0.2, 0.25) is 0 Å². The summed E-state index contributed by atoms with van der Waals surface area (Å²) in [5, 5.41) is 7.60. The van der Waals surface area contributed by atoms with Crippen molar-refractivity contribution < 1.29 is 8.42 Å². The van der Waals surface area contributed by atoms with E-state index in [4.69, 9.17) is 10.7 Å². The van der Waals surface area contributed by atoms with Crippen molar-refractivity contribution in [3.63, 3.8) is 0 Å². The van der Waals surface area contributed by atoms with Crippen molar-refractivity contribution in [3.8, 4) is 11.4 Å². The topological polar surface area (TPSA) is 64.8 Å². The van der Waals surface area contributed by atoms with Gasteiger partial charge in [0.05, 0.1) is 0 Å². The third-order valence-electron chi connectivity index (χ3n) is 3.09. The number of rotatable bonds is 4. The summed E-state index contributed by atoms with van der Waals surface area (Å²) in [5.41, 5.74) is 2.95. The van der Waals surface area contributed by atoms with E-state index in [0.29, 0.717) is 12.4 Å². The normalized spacial score (nSPS) is 11.8. The van der Waals surface area contributed by atoms with Crippen LogP contribution >= 0.6 is 10.7 Å². The number of aromatic nitrogens is 3. The van der Waals surface area contributed by atoms with Gasteiger partial charge >= 0.3 is 0 Å². The Morgan fingerprint density at radius 3 is 2.30 bits per heavy atom. The van der Waals surface area contributed by atoms with Gasteiger partial charge < -0.3 is 0 Å². The standard InChI is InChI=1S/C13H16ClN3O2S/c1-4-8-17-12(15-16-13(17)20(14,18)19)11-9(2)6-5-7-10(11)3/h5-7H,4,8H2,1-3H3. The molecule has 2 rings (SSSR count). The van der Waals surface area contributed by atoms with Gasteiger partial charge in [0.1, 0.15) is 0 Å². The zero-order valence-corrected chi connectivity index (χ0v) is 13.2. The molecule has 0 N–H and O–H groups in total. The van der Waals surface area contributed by atoms with Crippen LogP contribution in [0.3, 0.4) is 0 Å². The van der Waals surface area contributed by atoms with Gasteiger partial charge in [0, 0.05) is 22.8 Å². The molecule has 0 radical (unpaired) electrons. The maximum atomic E-state index is 11.6. The van der Waals surface area contributed by atoms with Crippen molar-refractivity contribution in [2.75, 3.05) is 0 Å². The Morgan fingerprint density at radius 1 is 1.20 bits per heavy atom. The Balaban J connectivity index is 2.73. The second-order valence-corrected chi connectivity index (χ2v) is 7.12. The molecule has 0 spiro atoms. The number of nitrogens with zero attached hydrogens (tertiary/aromatic N) is 3. The first-order chi connectivity index (χ1) is 9.36. The zero-order chi connectivity index (χ0) is 14.9. The van der Waals surface area contributed by atoms with Crippen LogP contribution in [0.4, 0.5) is 0 Å². The number of halogens is 1. The molecule has 1 aromatic heterocycles. The predicted octanol–water partition coefficient (Wildman–Crippen LogP) is 2.90. The van der Waals surface area contributed by atoms with E-state index < -0.39 is 9.05 Å². The van der Waals surface area contributed by atoms with Crippen molar-refractivity contribution in [2.24, 2.45) is 0 Å². The highest BCUT2D eigenvalue weighted by atomic mass is 35.7. The average Bonchev–Trinajstić information content (AvgIpc) is 2.73. The summed E-state index contributed by atoms with van der Waals surface area (Å²) in [6.07, 6.45) is 0.759. The number of hydrogen-bond acceptors (Lipinski definition) is 4. The molecule has 1 heterocycles. The third-order valence-corrected chi connectivity index (χ3v) is 4.24. The summed E-state index contributed by atoms with van der Waals surface area (Å²) in [7, 11) is 1.52. The zero-order valence-electron chi connectivity index (χ0n) is 11.6. The Bertz CT molecular complexity index is 718. The van der Waals surface area contributed by atoms with Crippen LogP contribution in [0.1, 0.15) is 24.5 Å². The van der Waals surface area contributed by atoms with Gasteiger partial charge in [-0.05, 0) is 31.4 Å². The van der Waals surface area contributed by atoms with Crippen LogP contribution in [-0.4, -0.2) is 23.2 Å². The fraction of sp³-hybridized carbons (Fsp3) is 0.385. The molecular formula is C13H16ClN3O2S. The molecule has 0 aliphatic rings. The minimum absolute atomic E-state index is 0.196. The SMILES string of the molecule is CCCn1c(-c2c(C)cccc2C)nnc1S(=O)(=O)Cl. The smallest absolute Gasteiger partial charge is 0.296 e. The first-order valence-corrected chi connectivity index (χ1v) is 8.61. The Labute approximate surface area is 123 Å². The Hall–Kier alpha value is -1.40. The van der Waals surface area contributed by atoms with E-state index in [-0.39, 0.29) is 5.16 Å². The van der Waals surface area contributed by atoms with Crippen molar-refractivity contribution in [2.45, 2.75) is 38.9 Å². The molecule has 5 nitrogen and oxygen atoms in total. The molecule has 0 aliphatic carbocycles. The van der Waals surface area contributed by atoms with E-state index in [1.165, 1.54) is 0 Å². The Kier molecular flexibility index (Phi) is 4.15. The number of hydrogen-bond donors (Lipinski definition) is 0. The van der Waals surface area contributed by atoms with Crippen molar-refractivity contribution in [1.29, 1.82) is 0 Å². The average molecular weight is 314 g/mol. The molecule has 0 saturated heterocycles. The fourth-order valence-electron chi connectivity index (χ4n) is 2.25. The maximum Gasteiger partial charge on any atom is 0.296 e. The highest BCUT2D eigenvalue weighted by Crippen LogP contribution is 2.28. The summed E-state index contributed by atoms with van der Waals surface area (Å²) in [6, 6.07) is 5.87. The van der Waals surface area contributed by atoms with E-state index in [1.807, 2.05) is 39.0 Å². The summed E-state index contributed by atoms with van der Waals surface area (Å²) in [6.45, 7) is 6.38. The molecule has 0 amide bonds. The molecule has 7 heteroatoms. The van der Waals surface area contributed by atoms with Crippen LogP contribution in [-0.2, 0) is 15.6 Å². The van der Waals surface area contributed by atoms with Gasteiger partial charge in [-0.1, -0.05) is 25.1 Å². The van der Waals surface area contributed by atoms with Gasteiger partial charge in [-0.3, -0.25) is 4.57 Å². The predicted molar refractivity (Wildman–Crippen MR) is 78.3 cm³/mol. The van der Waals surface area contributed by atoms with Gasteiger partial charge in [-0.15, -0.1) is 10.2 Å². The van der Waals surface area contributed by atoms with Gasteiger partial charge in [-0.25, -0.2) is 8.42 Å². The maximum absolute atomic E-state index is 11.6. The molecule has 0 bridgehead atoms. The monoisotopic (exact) mass is 313 g/mol. The third kappa shape index (κ3) is 2.71. The van der Waals surface area contributed by atoms with E-state index in [2.05, 4.69) is 10.2 Å². The van der Waals surface area contributed by atoms with Crippen LogP contribution < -0.4 is 0 Å². The summed E-state index contributed by atoms with van der Waals surface area (Å²) >= 11 is 0. The van der Waals surface area contributed by atoms with E-state index >= 15 is 0 Å². The van der Waals surface area contributed by atoms with Crippen molar-refractivity contribution in [3.05, 3.63) is 29.3 Å². The number of benzene rings is 1. The molecule has 0 atom stereocenters.